The zero-order valence-electron chi connectivity index (χ0n) is 12.6. The minimum Gasteiger partial charge on any atom is -0.383 e. The minimum absolute atomic E-state index is 0.580. The summed E-state index contributed by atoms with van der Waals surface area (Å²) in [5.74, 6) is 0. The van der Waals surface area contributed by atoms with E-state index in [1.54, 1.807) is 25.6 Å². The van der Waals surface area contributed by atoms with Gasteiger partial charge in [-0.05, 0) is 19.3 Å². The van der Waals surface area contributed by atoms with Crippen LogP contribution in [0.5, 0.6) is 0 Å². The lowest BCUT2D eigenvalue weighted by molar-refractivity contribution is 0.181. The molecule has 0 aliphatic heterocycles. The van der Waals surface area contributed by atoms with Gasteiger partial charge in [0.2, 0.25) is 0 Å². The van der Waals surface area contributed by atoms with Crippen molar-refractivity contribution in [3.8, 4) is 0 Å². The molecule has 2 rings (SSSR count). The molecule has 1 heterocycles. The zero-order chi connectivity index (χ0) is 14.4. The molecule has 0 saturated heterocycles. The molecular weight excluding hydrogens is 274 g/mol. The Morgan fingerprint density at radius 3 is 2.75 bits per heavy atom. The van der Waals surface area contributed by atoms with Crippen LogP contribution in [0.3, 0.4) is 0 Å². The van der Waals surface area contributed by atoms with Gasteiger partial charge in [-0.1, -0.05) is 0 Å². The van der Waals surface area contributed by atoms with Crippen molar-refractivity contribution in [3.63, 3.8) is 0 Å². The maximum Gasteiger partial charge on any atom is 0.185 e. The molecule has 1 aliphatic rings. The maximum atomic E-state index is 5.26. The fourth-order valence-electron chi connectivity index (χ4n) is 2.21. The number of methoxy groups -OCH3 is 2. The third-order valence-corrected chi connectivity index (χ3v) is 4.93. The van der Waals surface area contributed by atoms with Crippen molar-refractivity contribution in [2.45, 2.75) is 38.5 Å². The molecule has 0 spiro atoms. The first kappa shape index (κ1) is 15.7. The van der Waals surface area contributed by atoms with Crippen LogP contribution in [0.15, 0.2) is 0 Å². The van der Waals surface area contributed by atoms with Crippen molar-refractivity contribution in [1.29, 1.82) is 0 Å². The molecule has 1 saturated carbocycles. The van der Waals surface area contributed by atoms with Crippen LogP contribution in [0.1, 0.15) is 29.8 Å². The van der Waals surface area contributed by atoms with Crippen molar-refractivity contribution in [2.75, 3.05) is 39.3 Å². The summed E-state index contributed by atoms with van der Waals surface area (Å²) in [6.45, 7) is 3.00. The number of hydrogen-bond donors (Lipinski definition) is 1. The average molecular weight is 299 g/mol. The van der Waals surface area contributed by atoms with E-state index in [0.29, 0.717) is 12.6 Å². The van der Waals surface area contributed by atoms with Crippen LogP contribution in [0.25, 0.3) is 0 Å². The Labute approximate surface area is 125 Å². The molecule has 114 valence electrons. The Morgan fingerprint density at radius 2 is 2.15 bits per heavy atom. The summed E-state index contributed by atoms with van der Waals surface area (Å²) in [4.78, 5) is 8.34. The Hall–Kier alpha value is -0.690. The molecule has 1 aromatic rings. The van der Waals surface area contributed by atoms with Crippen molar-refractivity contribution >= 4 is 16.5 Å². The van der Waals surface area contributed by atoms with E-state index in [4.69, 9.17) is 14.5 Å². The smallest absolute Gasteiger partial charge is 0.185 e. The Bertz CT molecular complexity index is 407. The molecule has 0 unspecified atom stereocenters. The van der Waals surface area contributed by atoms with Gasteiger partial charge in [-0.15, -0.1) is 11.3 Å². The van der Waals surface area contributed by atoms with Crippen molar-refractivity contribution in [1.82, 2.24) is 10.3 Å². The van der Waals surface area contributed by atoms with E-state index in [0.717, 1.165) is 30.5 Å². The van der Waals surface area contributed by atoms with Gasteiger partial charge in [-0.25, -0.2) is 4.98 Å². The van der Waals surface area contributed by atoms with Crippen molar-refractivity contribution in [2.24, 2.45) is 0 Å². The second-order valence-electron chi connectivity index (χ2n) is 5.16. The lowest BCUT2D eigenvalue weighted by atomic mass is 9.92. The lowest BCUT2D eigenvalue weighted by Gasteiger charge is -2.34. The molecule has 0 radical (unpaired) electrons. The van der Waals surface area contributed by atoms with Crippen molar-refractivity contribution in [3.05, 3.63) is 10.6 Å². The highest BCUT2D eigenvalue weighted by Gasteiger charge is 2.25. The van der Waals surface area contributed by atoms with Gasteiger partial charge >= 0.3 is 0 Å². The quantitative estimate of drug-likeness (QED) is 0.707. The summed E-state index contributed by atoms with van der Waals surface area (Å²) >= 11 is 1.77. The molecule has 0 atom stereocenters. The van der Waals surface area contributed by atoms with E-state index in [9.17, 15) is 0 Å². The summed E-state index contributed by atoms with van der Waals surface area (Å²) < 4.78 is 10.3. The predicted octanol–water partition coefficient (Wildman–Crippen LogP) is 2.01. The van der Waals surface area contributed by atoms with Crippen LogP contribution in [0.4, 0.5) is 5.13 Å². The molecule has 1 N–H and O–H groups in total. The Morgan fingerprint density at radius 1 is 1.35 bits per heavy atom. The van der Waals surface area contributed by atoms with Gasteiger partial charge in [0.15, 0.2) is 5.13 Å². The summed E-state index contributed by atoms with van der Waals surface area (Å²) in [5, 5.41) is 4.50. The average Bonchev–Trinajstić information content (AvgIpc) is 2.76. The van der Waals surface area contributed by atoms with E-state index in [1.165, 1.54) is 24.1 Å². The molecule has 0 amide bonds. The van der Waals surface area contributed by atoms with Gasteiger partial charge in [0, 0.05) is 45.3 Å². The number of aromatic nitrogens is 1. The number of nitrogens with zero attached hydrogens (tertiary/aromatic N) is 2. The SMILES string of the molecule is COCCNCc1sc(N(C)C2CCC2)nc1COC. The number of hydrogen-bond acceptors (Lipinski definition) is 6. The second kappa shape index (κ2) is 7.93. The molecule has 0 bridgehead atoms. The maximum absolute atomic E-state index is 5.26. The van der Waals surface area contributed by atoms with Gasteiger partial charge in [-0.2, -0.15) is 0 Å². The summed E-state index contributed by atoms with van der Waals surface area (Å²) in [5.41, 5.74) is 1.06. The summed E-state index contributed by atoms with van der Waals surface area (Å²) in [7, 11) is 5.59. The van der Waals surface area contributed by atoms with E-state index < -0.39 is 0 Å². The predicted molar refractivity (Wildman–Crippen MR) is 82.5 cm³/mol. The van der Waals surface area contributed by atoms with Gasteiger partial charge < -0.3 is 19.7 Å². The highest BCUT2D eigenvalue weighted by molar-refractivity contribution is 7.15. The van der Waals surface area contributed by atoms with Gasteiger partial charge in [0.1, 0.15) is 0 Å². The summed E-state index contributed by atoms with van der Waals surface area (Å²) in [6.07, 6.45) is 3.92. The fraction of sp³-hybridized carbons (Fsp3) is 0.786. The van der Waals surface area contributed by atoms with Crippen molar-refractivity contribution < 1.29 is 9.47 Å². The number of thiazole rings is 1. The molecule has 1 aliphatic carbocycles. The van der Waals surface area contributed by atoms with E-state index in [1.807, 2.05) is 0 Å². The van der Waals surface area contributed by atoms with Crippen LogP contribution >= 0.6 is 11.3 Å². The number of nitrogens with one attached hydrogen (secondary N) is 1. The van der Waals surface area contributed by atoms with Gasteiger partial charge in [0.05, 0.1) is 18.9 Å². The van der Waals surface area contributed by atoms with Crippen LogP contribution in [-0.2, 0) is 22.6 Å². The molecule has 0 aromatic carbocycles. The van der Waals surface area contributed by atoms with Crippen LogP contribution < -0.4 is 10.2 Å². The van der Waals surface area contributed by atoms with Gasteiger partial charge in [-0.3, -0.25) is 0 Å². The molecule has 5 nitrogen and oxygen atoms in total. The normalized spacial score (nSPS) is 15.3. The zero-order valence-corrected chi connectivity index (χ0v) is 13.5. The monoisotopic (exact) mass is 299 g/mol. The molecule has 1 fully saturated rings. The van der Waals surface area contributed by atoms with Gasteiger partial charge in [0.25, 0.3) is 0 Å². The molecule has 6 heteroatoms. The molecule has 20 heavy (non-hydrogen) atoms. The third-order valence-electron chi connectivity index (χ3n) is 3.74. The highest BCUT2D eigenvalue weighted by atomic mass is 32.1. The number of anilines is 1. The van der Waals surface area contributed by atoms with E-state index in [2.05, 4.69) is 17.3 Å². The summed E-state index contributed by atoms with van der Waals surface area (Å²) in [6, 6.07) is 0.672. The lowest BCUT2D eigenvalue weighted by Crippen LogP contribution is -2.37. The first-order chi connectivity index (χ1) is 9.76. The van der Waals surface area contributed by atoms with E-state index in [-0.39, 0.29) is 0 Å². The molecular formula is C14H25N3O2S. The van der Waals surface area contributed by atoms with Crippen LogP contribution in [0.2, 0.25) is 0 Å². The van der Waals surface area contributed by atoms with Crippen LogP contribution in [0, 0.1) is 0 Å². The highest BCUT2D eigenvalue weighted by Crippen LogP contribution is 2.32. The third kappa shape index (κ3) is 3.91. The van der Waals surface area contributed by atoms with Crippen LogP contribution in [-0.4, -0.2) is 45.4 Å². The molecule has 1 aromatic heterocycles. The first-order valence-electron chi connectivity index (χ1n) is 7.16. The largest absolute Gasteiger partial charge is 0.383 e. The minimum atomic E-state index is 0.580. The topological polar surface area (TPSA) is 46.6 Å². The number of rotatable bonds is 9. The fourth-order valence-corrected chi connectivity index (χ4v) is 3.28. The Kier molecular flexibility index (Phi) is 6.22. The Balaban J connectivity index is 1.98. The number of ether oxygens (including phenoxy) is 2. The second-order valence-corrected chi connectivity index (χ2v) is 6.23. The standard InChI is InChI=1S/C14H25N3O2S/c1-17(11-5-4-6-11)14-16-12(10-19-3)13(20-14)9-15-7-8-18-2/h11,15H,4-10H2,1-3H3. The first-order valence-corrected chi connectivity index (χ1v) is 7.98. The van der Waals surface area contributed by atoms with E-state index >= 15 is 0 Å².